The molecule has 1 fully saturated rings. The van der Waals surface area contributed by atoms with E-state index in [4.69, 9.17) is 4.74 Å². The van der Waals surface area contributed by atoms with Crippen LogP contribution >= 0.6 is 0 Å². The van der Waals surface area contributed by atoms with Crippen molar-refractivity contribution in [2.75, 3.05) is 26.2 Å². The van der Waals surface area contributed by atoms with Gasteiger partial charge in [-0.1, -0.05) is 37.3 Å². The van der Waals surface area contributed by atoms with Crippen molar-refractivity contribution in [2.24, 2.45) is 0 Å². The van der Waals surface area contributed by atoms with Gasteiger partial charge in [-0.25, -0.2) is 0 Å². The van der Waals surface area contributed by atoms with E-state index in [0.717, 1.165) is 26.2 Å². The van der Waals surface area contributed by atoms with Gasteiger partial charge in [0.2, 0.25) is 0 Å². The van der Waals surface area contributed by atoms with Crippen molar-refractivity contribution < 1.29 is 4.74 Å². The Morgan fingerprint density at radius 1 is 1.30 bits per heavy atom. The molecule has 1 aromatic rings. The Hall–Kier alpha value is -0.900. The van der Waals surface area contributed by atoms with Crippen LogP contribution in [0.1, 0.15) is 38.8 Å². The molecule has 0 radical (unpaired) electrons. The van der Waals surface area contributed by atoms with Crippen LogP contribution in [0.5, 0.6) is 0 Å². The van der Waals surface area contributed by atoms with Crippen molar-refractivity contribution in [1.29, 1.82) is 0 Å². The van der Waals surface area contributed by atoms with Crippen LogP contribution in [-0.4, -0.2) is 43.3 Å². The number of piperazine rings is 1. The molecule has 1 aliphatic rings. The first-order chi connectivity index (χ1) is 9.74. The van der Waals surface area contributed by atoms with Crippen LogP contribution in [-0.2, 0) is 4.74 Å². The van der Waals surface area contributed by atoms with Crippen LogP contribution in [0.2, 0.25) is 0 Å². The molecule has 0 saturated carbocycles. The van der Waals surface area contributed by atoms with Crippen molar-refractivity contribution >= 4 is 0 Å². The molecule has 0 bridgehead atoms. The molecule has 0 aliphatic carbocycles. The zero-order valence-electron chi connectivity index (χ0n) is 13.0. The second kappa shape index (κ2) is 7.77. The lowest BCUT2D eigenvalue weighted by Crippen LogP contribution is -2.54. The third-order valence-corrected chi connectivity index (χ3v) is 4.15. The van der Waals surface area contributed by atoms with Gasteiger partial charge in [0.15, 0.2) is 0 Å². The normalized spacial score (nSPS) is 25.6. The van der Waals surface area contributed by atoms with E-state index in [9.17, 15) is 0 Å². The van der Waals surface area contributed by atoms with Crippen LogP contribution in [0.25, 0.3) is 0 Å². The van der Waals surface area contributed by atoms with E-state index < -0.39 is 0 Å². The molecular weight excluding hydrogens is 248 g/mol. The van der Waals surface area contributed by atoms with Crippen molar-refractivity contribution in [3.63, 3.8) is 0 Å². The molecule has 1 aromatic carbocycles. The van der Waals surface area contributed by atoms with E-state index in [2.05, 4.69) is 61.3 Å². The second-order valence-corrected chi connectivity index (χ2v) is 5.65. The van der Waals surface area contributed by atoms with Gasteiger partial charge in [0.25, 0.3) is 0 Å². The summed E-state index contributed by atoms with van der Waals surface area (Å²) in [6, 6.07) is 11.8. The van der Waals surface area contributed by atoms with Crippen LogP contribution in [0.4, 0.5) is 0 Å². The maximum absolute atomic E-state index is 5.72. The van der Waals surface area contributed by atoms with Gasteiger partial charge in [0.1, 0.15) is 0 Å². The van der Waals surface area contributed by atoms with Crippen LogP contribution in [0.15, 0.2) is 30.3 Å². The van der Waals surface area contributed by atoms with Crippen LogP contribution in [0, 0.1) is 0 Å². The Labute approximate surface area is 123 Å². The zero-order valence-corrected chi connectivity index (χ0v) is 13.0. The Balaban J connectivity index is 2.00. The number of rotatable bonds is 6. The van der Waals surface area contributed by atoms with Crippen molar-refractivity contribution in [1.82, 2.24) is 10.2 Å². The Morgan fingerprint density at radius 2 is 2.05 bits per heavy atom. The largest absolute Gasteiger partial charge is 0.377 e. The van der Waals surface area contributed by atoms with E-state index in [1.165, 1.54) is 12.0 Å². The minimum Gasteiger partial charge on any atom is -0.377 e. The Bertz CT molecular complexity index is 382. The predicted molar refractivity (Wildman–Crippen MR) is 83.9 cm³/mol. The number of hydrogen-bond donors (Lipinski definition) is 1. The Kier molecular flexibility index (Phi) is 6.02. The average molecular weight is 276 g/mol. The molecule has 0 amide bonds. The highest BCUT2D eigenvalue weighted by atomic mass is 16.5. The van der Waals surface area contributed by atoms with Gasteiger partial charge in [-0.3, -0.25) is 4.90 Å². The summed E-state index contributed by atoms with van der Waals surface area (Å²) < 4.78 is 5.72. The summed E-state index contributed by atoms with van der Waals surface area (Å²) in [4.78, 5) is 2.59. The average Bonchev–Trinajstić information content (AvgIpc) is 2.48. The summed E-state index contributed by atoms with van der Waals surface area (Å²) in [6.45, 7) is 10.5. The maximum Gasteiger partial charge on any atom is 0.0673 e. The number of ether oxygens (including phenoxy) is 1. The van der Waals surface area contributed by atoms with E-state index in [-0.39, 0.29) is 0 Å². The maximum atomic E-state index is 5.72. The lowest BCUT2D eigenvalue weighted by atomic mass is 10.0. The standard InChI is InChI=1S/C17H28N2O/c1-4-16-11-18-17(15-9-7-6-8-10-15)13-19(16)12-14(3)20-5-2/h6-10,14,16-18H,4-5,11-13H2,1-3H3. The first-order valence-corrected chi connectivity index (χ1v) is 7.88. The third-order valence-electron chi connectivity index (χ3n) is 4.15. The van der Waals surface area contributed by atoms with Crippen LogP contribution < -0.4 is 5.32 Å². The molecule has 1 aliphatic heterocycles. The minimum atomic E-state index is 0.309. The van der Waals surface area contributed by atoms with Gasteiger partial charge in [0, 0.05) is 38.3 Å². The van der Waals surface area contributed by atoms with Gasteiger partial charge in [0.05, 0.1) is 6.10 Å². The summed E-state index contributed by atoms with van der Waals surface area (Å²) in [5, 5.41) is 3.69. The van der Waals surface area contributed by atoms with E-state index in [1.54, 1.807) is 0 Å². The summed E-state index contributed by atoms with van der Waals surface area (Å²) in [7, 11) is 0. The van der Waals surface area contributed by atoms with E-state index in [0.29, 0.717) is 18.2 Å². The molecule has 20 heavy (non-hydrogen) atoms. The smallest absolute Gasteiger partial charge is 0.0673 e. The minimum absolute atomic E-state index is 0.309. The topological polar surface area (TPSA) is 24.5 Å². The predicted octanol–water partition coefficient (Wildman–Crippen LogP) is 2.84. The second-order valence-electron chi connectivity index (χ2n) is 5.65. The van der Waals surface area contributed by atoms with Crippen LogP contribution in [0.3, 0.4) is 0 Å². The number of nitrogens with one attached hydrogen (secondary N) is 1. The summed E-state index contributed by atoms with van der Waals surface area (Å²) in [5.41, 5.74) is 1.39. The monoisotopic (exact) mass is 276 g/mol. The fourth-order valence-corrected chi connectivity index (χ4v) is 3.06. The summed E-state index contributed by atoms with van der Waals surface area (Å²) in [5.74, 6) is 0. The van der Waals surface area contributed by atoms with Gasteiger partial charge in [-0.05, 0) is 25.8 Å². The molecular formula is C17H28N2O. The molecule has 0 spiro atoms. The number of hydrogen-bond acceptors (Lipinski definition) is 3. The first-order valence-electron chi connectivity index (χ1n) is 7.88. The summed E-state index contributed by atoms with van der Waals surface area (Å²) in [6.07, 6.45) is 1.50. The van der Waals surface area contributed by atoms with Crippen molar-refractivity contribution in [3.05, 3.63) is 35.9 Å². The molecule has 1 heterocycles. The molecule has 112 valence electrons. The van der Waals surface area contributed by atoms with E-state index in [1.807, 2.05) is 0 Å². The SMILES string of the molecule is CCOC(C)CN1CC(c2ccccc2)NCC1CC. The molecule has 3 nitrogen and oxygen atoms in total. The highest BCUT2D eigenvalue weighted by molar-refractivity contribution is 5.20. The van der Waals surface area contributed by atoms with Crippen molar-refractivity contribution in [2.45, 2.75) is 45.4 Å². The molecule has 1 saturated heterocycles. The van der Waals surface area contributed by atoms with Crippen molar-refractivity contribution in [3.8, 4) is 0 Å². The molecule has 3 unspecified atom stereocenters. The Morgan fingerprint density at radius 3 is 2.70 bits per heavy atom. The first kappa shape index (κ1) is 15.5. The highest BCUT2D eigenvalue weighted by Crippen LogP contribution is 2.21. The summed E-state index contributed by atoms with van der Waals surface area (Å²) >= 11 is 0. The van der Waals surface area contributed by atoms with E-state index >= 15 is 0 Å². The third kappa shape index (κ3) is 4.05. The van der Waals surface area contributed by atoms with Gasteiger partial charge in [-0.2, -0.15) is 0 Å². The molecule has 1 N–H and O–H groups in total. The van der Waals surface area contributed by atoms with Gasteiger partial charge < -0.3 is 10.1 Å². The van der Waals surface area contributed by atoms with Gasteiger partial charge in [-0.15, -0.1) is 0 Å². The number of nitrogens with zero attached hydrogens (tertiary/aromatic N) is 1. The molecule has 0 aromatic heterocycles. The fourth-order valence-electron chi connectivity index (χ4n) is 3.06. The lowest BCUT2D eigenvalue weighted by molar-refractivity contribution is 0.0191. The molecule has 2 rings (SSSR count). The highest BCUT2D eigenvalue weighted by Gasteiger charge is 2.28. The number of benzene rings is 1. The lowest BCUT2D eigenvalue weighted by Gasteiger charge is -2.41. The molecule has 3 heteroatoms. The zero-order chi connectivity index (χ0) is 14.4. The molecule has 3 atom stereocenters. The fraction of sp³-hybridized carbons (Fsp3) is 0.647. The van der Waals surface area contributed by atoms with Gasteiger partial charge >= 0.3 is 0 Å². The quantitative estimate of drug-likeness (QED) is 0.864.